The van der Waals surface area contributed by atoms with Crippen LogP contribution in [0, 0.1) is 11.3 Å². The molecule has 1 heterocycles. The average molecular weight is 271 g/mol. The van der Waals surface area contributed by atoms with Crippen LogP contribution in [0.2, 0.25) is 0 Å². The van der Waals surface area contributed by atoms with E-state index in [1.807, 2.05) is 0 Å². The average Bonchev–Trinajstić information content (AvgIpc) is 2.46. The van der Waals surface area contributed by atoms with E-state index in [0.29, 0.717) is 5.41 Å². The van der Waals surface area contributed by atoms with Crippen molar-refractivity contribution in [3.8, 4) is 0 Å². The van der Waals surface area contributed by atoms with Crippen molar-refractivity contribution >= 4 is 0 Å². The molecule has 1 saturated heterocycles. The van der Waals surface area contributed by atoms with Crippen molar-refractivity contribution in [2.24, 2.45) is 11.3 Å². The zero-order valence-corrected chi connectivity index (χ0v) is 12.7. The van der Waals surface area contributed by atoms with Crippen LogP contribution >= 0.6 is 0 Å². The summed E-state index contributed by atoms with van der Waals surface area (Å²) in [6.07, 6.45) is 13.0. The van der Waals surface area contributed by atoms with Gasteiger partial charge in [0.05, 0.1) is 0 Å². The van der Waals surface area contributed by atoms with Crippen molar-refractivity contribution in [2.45, 2.75) is 57.8 Å². The van der Waals surface area contributed by atoms with E-state index in [-0.39, 0.29) is 0 Å². The molecule has 1 N–H and O–H groups in total. The van der Waals surface area contributed by atoms with Crippen LogP contribution in [-0.2, 0) is 6.42 Å². The molecular formula is C19H29N. The molecule has 0 aromatic heterocycles. The number of hydrogen-bond acceptors (Lipinski definition) is 1. The molecule has 1 aromatic carbocycles. The lowest BCUT2D eigenvalue weighted by Crippen LogP contribution is -2.46. The van der Waals surface area contributed by atoms with Crippen molar-refractivity contribution < 1.29 is 0 Å². The summed E-state index contributed by atoms with van der Waals surface area (Å²) in [6.45, 7) is 2.47. The molecule has 1 aliphatic heterocycles. The molecule has 2 fully saturated rings. The Morgan fingerprint density at radius 1 is 0.900 bits per heavy atom. The van der Waals surface area contributed by atoms with Crippen molar-refractivity contribution in [3.05, 3.63) is 35.9 Å². The van der Waals surface area contributed by atoms with Crippen LogP contribution in [0.5, 0.6) is 0 Å². The first kappa shape index (κ1) is 14.1. The lowest BCUT2D eigenvalue weighted by atomic mass is 9.62. The maximum atomic E-state index is 3.66. The second-order valence-electron chi connectivity index (χ2n) is 6.97. The number of hydrogen-bond donors (Lipinski definition) is 1. The zero-order valence-electron chi connectivity index (χ0n) is 12.7. The molecule has 3 rings (SSSR count). The Hall–Kier alpha value is -0.820. The molecular weight excluding hydrogens is 242 g/mol. The van der Waals surface area contributed by atoms with Crippen molar-refractivity contribution in [3.63, 3.8) is 0 Å². The van der Waals surface area contributed by atoms with Crippen LogP contribution in [0.3, 0.4) is 0 Å². The predicted molar refractivity (Wildman–Crippen MR) is 85.9 cm³/mol. The second kappa shape index (κ2) is 6.76. The van der Waals surface area contributed by atoms with Gasteiger partial charge >= 0.3 is 0 Å². The first-order chi connectivity index (χ1) is 9.89. The zero-order chi connectivity index (χ0) is 13.7. The fraction of sp³-hybridized carbons (Fsp3) is 0.684. The Labute approximate surface area is 124 Å². The van der Waals surface area contributed by atoms with Gasteiger partial charge in [0.1, 0.15) is 0 Å². The number of nitrogens with one attached hydrogen (secondary N) is 1. The van der Waals surface area contributed by atoms with E-state index in [1.54, 1.807) is 0 Å². The van der Waals surface area contributed by atoms with Crippen molar-refractivity contribution in [1.29, 1.82) is 0 Å². The highest BCUT2D eigenvalue weighted by atomic mass is 14.9. The van der Waals surface area contributed by atoms with E-state index in [0.717, 1.165) is 5.92 Å². The van der Waals surface area contributed by atoms with Gasteiger partial charge in [0.25, 0.3) is 0 Å². The molecule has 1 atom stereocenters. The highest BCUT2D eigenvalue weighted by molar-refractivity contribution is 5.16. The first-order valence-corrected chi connectivity index (χ1v) is 8.64. The Balaban J connectivity index is 1.75. The highest BCUT2D eigenvalue weighted by Gasteiger charge is 2.39. The summed E-state index contributed by atoms with van der Waals surface area (Å²) in [5, 5.41) is 3.66. The minimum Gasteiger partial charge on any atom is -0.316 e. The summed E-state index contributed by atoms with van der Waals surface area (Å²) in [5.41, 5.74) is 2.17. The van der Waals surface area contributed by atoms with Gasteiger partial charge in [-0.15, -0.1) is 0 Å². The van der Waals surface area contributed by atoms with E-state index >= 15 is 0 Å². The standard InChI is InChI=1S/C19H29N/c1-2-7-11-19(12-8-3-1)13-14-20-16-18(19)15-17-9-5-4-6-10-17/h4-6,9-10,18,20H,1-3,7-8,11-16H2. The third-order valence-electron chi connectivity index (χ3n) is 5.73. The lowest BCUT2D eigenvalue weighted by Gasteiger charge is -2.46. The third kappa shape index (κ3) is 3.25. The summed E-state index contributed by atoms with van der Waals surface area (Å²) in [7, 11) is 0. The maximum Gasteiger partial charge on any atom is -0.00120 e. The van der Waals surface area contributed by atoms with Gasteiger partial charge in [0.15, 0.2) is 0 Å². The Morgan fingerprint density at radius 2 is 1.60 bits per heavy atom. The van der Waals surface area contributed by atoms with Gasteiger partial charge in [-0.3, -0.25) is 0 Å². The molecule has 1 spiro atoms. The minimum atomic E-state index is 0.640. The van der Waals surface area contributed by atoms with Gasteiger partial charge in [-0.1, -0.05) is 62.4 Å². The molecule has 110 valence electrons. The smallest absolute Gasteiger partial charge is 0.00120 e. The number of rotatable bonds is 2. The van der Waals surface area contributed by atoms with E-state index < -0.39 is 0 Å². The monoisotopic (exact) mass is 271 g/mol. The Bertz CT molecular complexity index is 389. The molecule has 1 heteroatoms. The lowest BCUT2D eigenvalue weighted by molar-refractivity contribution is 0.0714. The molecule has 1 unspecified atom stereocenters. The maximum absolute atomic E-state index is 3.66. The molecule has 1 saturated carbocycles. The summed E-state index contributed by atoms with van der Waals surface area (Å²) in [5.74, 6) is 0.844. The first-order valence-electron chi connectivity index (χ1n) is 8.64. The van der Waals surface area contributed by atoms with Crippen LogP contribution in [0.15, 0.2) is 30.3 Å². The van der Waals surface area contributed by atoms with Crippen LogP contribution < -0.4 is 5.32 Å². The molecule has 20 heavy (non-hydrogen) atoms. The van der Waals surface area contributed by atoms with Gasteiger partial charge in [-0.25, -0.2) is 0 Å². The largest absolute Gasteiger partial charge is 0.316 e. The Morgan fingerprint density at radius 3 is 2.35 bits per heavy atom. The topological polar surface area (TPSA) is 12.0 Å². The predicted octanol–water partition coefficient (Wildman–Crippen LogP) is 4.57. The summed E-state index contributed by atoms with van der Waals surface area (Å²) < 4.78 is 0. The third-order valence-corrected chi connectivity index (χ3v) is 5.73. The van der Waals surface area contributed by atoms with E-state index in [9.17, 15) is 0 Å². The molecule has 0 amide bonds. The minimum absolute atomic E-state index is 0.640. The normalized spacial score (nSPS) is 26.9. The summed E-state index contributed by atoms with van der Waals surface area (Å²) in [6, 6.07) is 11.1. The van der Waals surface area contributed by atoms with Crippen molar-refractivity contribution in [1.82, 2.24) is 5.32 Å². The molecule has 1 aliphatic carbocycles. The second-order valence-corrected chi connectivity index (χ2v) is 6.97. The highest BCUT2D eigenvalue weighted by Crippen LogP contribution is 2.46. The molecule has 1 nitrogen and oxygen atoms in total. The van der Waals surface area contributed by atoms with Gasteiger partial charge in [0.2, 0.25) is 0 Å². The summed E-state index contributed by atoms with van der Waals surface area (Å²) in [4.78, 5) is 0. The number of benzene rings is 1. The SMILES string of the molecule is c1ccc(CC2CNCCC23CCCCCCC3)cc1. The fourth-order valence-corrected chi connectivity index (χ4v) is 4.49. The quantitative estimate of drug-likeness (QED) is 0.831. The van der Waals surface area contributed by atoms with Gasteiger partial charge in [-0.2, -0.15) is 0 Å². The van der Waals surface area contributed by atoms with E-state index in [1.165, 1.54) is 76.4 Å². The number of piperidine rings is 1. The van der Waals surface area contributed by atoms with Crippen LogP contribution in [0.25, 0.3) is 0 Å². The summed E-state index contributed by atoms with van der Waals surface area (Å²) >= 11 is 0. The van der Waals surface area contributed by atoms with Crippen LogP contribution in [-0.4, -0.2) is 13.1 Å². The van der Waals surface area contributed by atoms with Crippen LogP contribution in [0.4, 0.5) is 0 Å². The van der Waals surface area contributed by atoms with Crippen molar-refractivity contribution in [2.75, 3.05) is 13.1 Å². The Kier molecular flexibility index (Phi) is 4.77. The van der Waals surface area contributed by atoms with Gasteiger partial charge < -0.3 is 5.32 Å². The van der Waals surface area contributed by atoms with Gasteiger partial charge in [-0.05, 0) is 55.7 Å². The fourth-order valence-electron chi connectivity index (χ4n) is 4.49. The van der Waals surface area contributed by atoms with E-state index in [4.69, 9.17) is 0 Å². The molecule has 2 aliphatic rings. The molecule has 0 radical (unpaired) electrons. The van der Waals surface area contributed by atoms with Crippen LogP contribution in [0.1, 0.15) is 56.9 Å². The molecule has 1 aromatic rings. The van der Waals surface area contributed by atoms with E-state index in [2.05, 4.69) is 35.6 Å². The van der Waals surface area contributed by atoms with Gasteiger partial charge in [0, 0.05) is 0 Å². The molecule has 0 bridgehead atoms.